The van der Waals surface area contributed by atoms with Crippen molar-refractivity contribution < 1.29 is 5.21 Å². The fourth-order valence-electron chi connectivity index (χ4n) is 2.56. The second-order valence-electron chi connectivity index (χ2n) is 4.85. The molecule has 1 aromatic heterocycles. The summed E-state index contributed by atoms with van der Waals surface area (Å²) in [6, 6.07) is 0.534. The van der Waals surface area contributed by atoms with E-state index >= 15 is 0 Å². The number of nitrogens with two attached hydrogens (primary N) is 1. The molecule has 1 aromatic rings. The normalized spacial score (nSPS) is 21.2. The lowest BCUT2D eigenvalue weighted by molar-refractivity contribution is 0.318. The van der Waals surface area contributed by atoms with Crippen LogP contribution in [0.4, 0.5) is 5.82 Å². The van der Waals surface area contributed by atoms with E-state index in [2.05, 4.69) is 26.9 Å². The highest BCUT2D eigenvalue weighted by Gasteiger charge is 2.21. The van der Waals surface area contributed by atoms with Crippen molar-refractivity contribution in [1.82, 2.24) is 9.97 Å². The molecule has 2 heterocycles. The van der Waals surface area contributed by atoms with Gasteiger partial charge in [0, 0.05) is 12.6 Å². The van der Waals surface area contributed by atoms with E-state index in [1.165, 1.54) is 25.7 Å². The Hall–Kier alpha value is -1.85. The summed E-state index contributed by atoms with van der Waals surface area (Å²) in [7, 11) is 0. The molecule has 0 amide bonds. The molecule has 0 spiro atoms. The van der Waals surface area contributed by atoms with E-state index < -0.39 is 0 Å². The molecule has 1 aliphatic heterocycles. The summed E-state index contributed by atoms with van der Waals surface area (Å²) in [6.45, 7) is 3.23. The molecule has 2 rings (SSSR count). The molecule has 3 N–H and O–H groups in total. The average Bonchev–Trinajstić information content (AvgIpc) is 2.71. The van der Waals surface area contributed by atoms with Crippen LogP contribution in [0.15, 0.2) is 17.5 Å². The number of aromatic nitrogens is 2. The van der Waals surface area contributed by atoms with E-state index in [9.17, 15) is 0 Å². The first-order valence-corrected chi connectivity index (χ1v) is 6.82. The predicted octanol–water partition coefficient (Wildman–Crippen LogP) is 1.73. The molecular formula is C13H21N5O. The van der Waals surface area contributed by atoms with Crippen LogP contribution in [-0.2, 0) is 0 Å². The first-order valence-electron chi connectivity index (χ1n) is 6.82. The van der Waals surface area contributed by atoms with Crippen LogP contribution in [0, 0.1) is 0 Å². The molecule has 1 unspecified atom stereocenters. The highest BCUT2D eigenvalue weighted by molar-refractivity contribution is 5.94. The minimum Gasteiger partial charge on any atom is -0.409 e. The lowest BCUT2D eigenvalue weighted by atomic mass is 10.1. The SMILES string of the molecule is CCC1CCCCCN1c1cnc(C(N)=NO)cn1. The van der Waals surface area contributed by atoms with Crippen LogP contribution in [0.3, 0.4) is 0 Å². The van der Waals surface area contributed by atoms with Gasteiger partial charge in [-0.3, -0.25) is 0 Å². The van der Waals surface area contributed by atoms with E-state index in [1.807, 2.05) is 0 Å². The first-order chi connectivity index (χ1) is 9.26. The topological polar surface area (TPSA) is 87.6 Å². The van der Waals surface area contributed by atoms with Crippen molar-refractivity contribution in [1.29, 1.82) is 0 Å². The van der Waals surface area contributed by atoms with Crippen molar-refractivity contribution >= 4 is 11.7 Å². The van der Waals surface area contributed by atoms with Crippen LogP contribution < -0.4 is 10.6 Å². The quantitative estimate of drug-likeness (QED) is 0.375. The van der Waals surface area contributed by atoms with Crippen LogP contribution in [-0.4, -0.2) is 33.6 Å². The zero-order valence-corrected chi connectivity index (χ0v) is 11.3. The summed E-state index contributed by atoms with van der Waals surface area (Å²) in [4.78, 5) is 10.9. The van der Waals surface area contributed by atoms with Crippen molar-refractivity contribution in [2.75, 3.05) is 11.4 Å². The third kappa shape index (κ3) is 3.13. The van der Waals surface area contributed by atoms with Crippen molar-refractivity contribution in [2.45, 2.75) is 45.1 Å². The molecule has 1 saturated heterocycles. The zero-order valence-electron chi connectivity index (χ0n) is 11.3. The van der Waals surface area contributed by atoms with E-state index in [4.69, 9.17) is 10.9 Å². The van der Waals surface area contributed by atoms with Gasteiger partial charge in [-0.2, -0.15) is 0 Å². The Morgan fingerprint density at radius 2 is 2.26 bits per heavy atom. The summed E-state index contributed by atoms with van der Waals surface area (Å²) in [6.07, 6.45) is 9.35. The fourth-order valence-corrected chi connectivity index (χ4v) is 2.56. The number of hydrogen-bond acceptors (Lipinski definition) is 5. The van der Waals surface area contributed by atoms with Crippen molar-refractivity contribution in [3.63, 3.8) is 0 Å². The van der Waals surface area contributed by atoms with Gasteiger partial charge in [0.2, 0.25) is 0 Å². The Bertz CT molecular complexity index is 431. The number of hydrogen-bond donors (Lipinski definition) is 2. The Morgan fingerprint density at radius 3 is 2.89 bits per heavy atom. The highest BCUT2D eigenvalue weighted by Crippen LogP contribution is 2.23. The van der Waals surface area contributed by atoms with Gasteiger partial charge in [0.1, 0.15) is 11.5 Å². The summed E-state index contributed by atoms with van der Waals surface area (Å²) in [5.41, 5.74) is 5.88. The minimum atomic E-state index is -0.0121. The Balaban J connectivity index is 2.19. The average molecular weight is 263 g/mol. The fraction of sp³-hybridized carbons (Fsp3) is 0.615. The largest absolute Gasteiger partial charge is 0.409 e. The van der Waals surface area contributed by atoms with E-state index in [-0.39, 0.29) is 5.84 Å². The molecule has 104 valence electrons. The lowest BCUT2D eigenvalue weighted by Gasteiger charge is -2.30. The maximum Gasteiger partial charge on any atom is 0.190 e. The molecule has 0 saturated carbocycles. The second-order valence-corrected chi connectivity index (χ2v) is 4.85. The van der Waals surface area contributed by atoms with Crippen molar-refractivity contribution in [2.24, 2.45) is 10.9 Å². The molecule has 0 radical (unpaired) electrons. The summed E-state index contributed by atoms with van der Waals surface area (Å²) < 4.78 is 0. The molecule has 1 atom stereocenters. The Morgan fingerprint density at radius 1 is 1.42 bits per heavy atom. The Labute approximate surface area is 113 Å². The number of anilines is 1. The molecule has 0 bridgehead atoms. The van der Waals surface area contributed by atoms with Gasteiger partial charge in [-0.25, -0.2) is 9.97 Å². The summed E-state index contributed by atoms with van der Waals surface area (Å²) in [5, 5.41) is 11.5. The van der Waals surface area contributed by atoms with Crippen LogP contribution in [0.1, 0.15) is 44.7 Å². The Kier molecular flexibility index (Phi) is 4.54. The van der Waals surface area contributed by atoms with Crippen molar-refractivity contribution in [3.05, 3.63) is 18.1 Å². The third-order valence-corrected chi connectivity index (χ3v) is 3.65. The minimum absolute atomic E-state index is 0.0121. The maximum absolute atomic E-state index is 8.61. The molecule has 0 aromatic carbocycles. The predicted molar refractivity (Wildman–Crippen MR) is 74.4 cm³/mol. The van der Waals surface area contributed by atoms with E-state index in [0.717, 1.165) is 18.8 Å². The number of amidine groups is 1. The summed E-state index contributed by atoms with van der Waals surface area (Å²) >= 11 is 0. The number of oxime groups is 1. The standard InChI is InChI=1S/C13H21N5O/c1-2-10-6-4-3-5-7-18(10)12-9-15-11(8-16-12)13(14)17-19/h8-10,19H,2-7H2,1H3,(H2,14,17). The second kappa shape index (κ2) is 6.36. The van der Waals surface area contributed by atoms with Gasteiger partial charge < -0.3 is 15.8 Å². The van der Waals surface area contributed by atoms with Gasteiger partial charge in [-0.05, 0) is 19.3 Å². The lowest BCUT2D eigenvalue weighted by Crippen LogP contribution is -2.35. The van der Waals surface area contributed by atoms with Gasteiger partial charge in [-0.1, -0.05) is 24.9 Å². The first kappa shape index (κ1) is 13.6. The van der Waals surface area contributed by atoms with Crippen LogP contribution in [0.5, 0.6) is 0 Å². The van der Waals surface area contributed by atoms with Crippen LogP contribution in [0.25, 0.3) is 0 Å². The highest BCUT2D eigenvalue weighted by atomic mass is 16.4. The molecule has 19 heavy (non-hydrogen) atoms. The van der Waals surface area contributed by atoms with Crippen LogP contribution >= 0.6 is 0 Å². The van der Waals surface area contributed by atoms with Gasteiger partial charge in [0.15, 0.2) is 5.84 Å². The van der Waals surface area contributed by atoms with Crippen LogP contribution in [0.2, 0.25) is 0 Å². The van der Waals surface area contributed by atoms with Gasteiger partial charge >= 0.3 is 0 Å². The molecule has 0 aliphatic carbocycles. The maximum atomic E-state index is 8.61. The van der Waals surface area contributed by atoms with Gasteiger partial charge in [-0.15, -0.1) is 0 Å². The van der Waals surface area contributed by atoms with Crippen molar-refractivity contribution in [3.8, 4) is 0 Å². The molecule has 1 fully saturated rings. The van der Waals surface area contributed by atoms with Gasteiger partial charge in [0.05, 0.1) is 12.4 Å². The molecule has 6 heteroatoms. The summed E-state index contributed by atoms with van der Waals surface area (Å²) in [5.74, 6) is 0.866. The monoisotopic (exact) mass is 263 g/mol. The molecule has 6 nitrogen and oxygen atoms in total. The van der Waals surface area contributed by atoms with Gasteiger partial charge in [0.25, 0.3) is 0 Å². The van der Waals surface area contributed by atoms with E-state index in [1.54, 1.807) is 12.4 Å². The third-order valence-electron chi connectivity index (χ3n) is 3.65. The van der Waals surface area contributed by atoms with E-state index in [0.29, 0.717) is 11.7 Å². The number of nitrogens with zero attached hydrogens (tertiary/aromatic N) is 4. The smallest absolute Gasteiger partial charge is 0.190 e. The molecular weight excluding hydrogens is 242 g/mol. The molecule has 1 aliphatic rings. The number of rotatable bonds is 3. The zero-order chi connectivity index (χ0) is 13.7.